The number of H-pyrrole nitrogens is 1. The lowest BCUT2D eigenvalue weighted by Crippen LogP contribution is -2.07. The summed E-state index contributed by atoms with van der Waals surface area (Å²) in [4.78, 5) is 15.5. The summed E-state index contributed by atoms with van der Waals surface area (Å²) in [5.74, 6) is 1.54. The first-order chi connectivity index (χ1) is 10.6. The van der Waals surface area contributed by atoms with Gasteiger partial charge in [0.2, 0.25) is 0 Å². The van der Waals surface area contributed by atoms with Crippen molar-refractivity contribution in [3.05, 3.63) is 29.8 Å². The number of nitrogens with one attached hydrogen (secondary N) is 2. The van der Waals surface area contributed by atoms with Gasteiger partial charge in [0, 0.05) is 17.3 Å². The molecule has 0 amide bonds. The minimum Gasteiger partial charge on any atom is -0.437 e. The summed E-state index contributed by atoms with van der Waals surface area (Å²) in [5.41, 5.74) is 2.32. The van der Waals surface area contributed by atoms with E-state index in [1.54, 1.807) is 17.6 Å². The monoisotopic (exact) mass is 302 g/mol. The Hall–Kier alpha value is -3.10. The Morgan fingerprint density at radius 2 is 2.23 bits per heavy atom. The van der Waals surface area contributed by atoms with Gasteiger partial charge in [0.15, 0.2) is 17.4 Å². The van der Waals surface area contributed by atoms with Gasteiger partial charge in [0.1, 0.15) is 11.8 Å². The summed E-state index contributed by atoms with van der Waals surface area (Å²) in [6, 6.07) is 1.85. The van der Waals surface area contributed by atoms with E-state index in [0.29, 0.717) is 28.5 Å². The lowest BCUT2D eigenvalue weighted by molar-refractivity contribution is 0.121. The Balaban J connectivity index is 2.02. The van der Waals surface area contributed by atoms with Crippen molar-refractivity contribution >= 4 is 23.3 Å². The fourth-order valence-electron chi connectivity index (χ4n) is 2.07. The van der Waals surface area contributed by atoms with Crippen LogP contribution in [0.1, 0.15) is 11.3 Å². The minimum atomic E-state index is -0.788. The van der Waals surface area contributed by atoms with Crippen LogP contribution in [-0.4, -0.2) is 38.1 Å². The predicted molar refractivity (Wildman–Crippen MR) is 77.4 cm³/mol. The van der Waals surface area contributed by atoms with Crippen molar-refractivity contribution < 1.29 is 14.3 Å². The largest absolute Gasteiger partial charge is 0.513 e. The fourth-order valence-corrected chi connectivity index (χ4v) is 2.07. The van der Waals surface area contributed by atoms with Gasteiger partial charge in [-0.15, -0.1) is 0 Å². The Morgan fingerprint density at radius 1 is 1.41 bits per heavy atom. The predicted octanol–water partition coefficient (Wildman–Crippen LogP) is 1.96. The third kappa shape index (κ3) is 2.43. The van der Waals surface area contributed by atoms with Crippen LogP contribution < -0.4 is 10.1 Å². The van der Waals surface area contributed by atoms with E-state index < -0.39 is 6.16 Å². The molecule has 0 aromatic carbocycles. The number of nitrogens with zero attached hydrogens (tertiary/aromatic N) is 4. The number of aromatic amines is 1. The van der Waals surface area contributed by atoms with Crippen molar-refractivity contribution in [2.45, 2.75) is 13.8 Å². The van der Waals surface area contributed by atoms with Crippen molar-refractivity contribution in [3.63, 3.8) is 0 Å². The lowest BCUT2D eigenvalue weighted by Gasteiger charge is -2.04. The highest BCUT2D eigenvalue weighted by Gasteiger charge is 2.17. The lowest BCUT2D eigenvalue weighted by atomic mass is 10.3. The van der Waals surface area contributed by atoms with Crippen LogP contribution in [0.2, 0.25) is 0 Å². The molecule has 3 aromatic heterocycles. The van der Waals surface area contributed by atoms with E-state index in [0.717, 1.165) is 5.69 Å². The molecule has 0 aliphatic carbocycles. The maximum absolute atomic E-state index is 11.3. The molecule has 114 valence electrons. The van der Waals surface area contributed by atoms with E-state index in [1.807, 2.05) is 13.0 Å². The zero-order chi connectivity index (χ0) is 15.7. The van der Waals surface area contributed by atoms with Crippen molar-refractivity contribution in [1.82, 2.24) is 24.8 Å². The van der Waals surface area contributed by atoms with Crippen LogP contribution in [0.5, 0.6) is 5.75 Å². The number of hydrogen-bond acceptors (Lipinski definition) is 7. The molecule has 9 nitrogen and oxygen atoms in total. The average molecular weight is 302 g/mol. The van der Waals surface area contributed by atoms with Crippen LogP contribution in [0.15, 0.2) is 18.6 Å². The van der Waals surface area contributed by atoms with Gasteiger partial charge in [0.25, 0.3) is 0 Å². The third-order valence-electron chi connectivity index (χ3n) is 3.09. The summed E-state index contributed by atoms with van der Waals surface area (Å²) in [6.45, 7) is 3.70. The molecule has 0 unspecified atom stereocenters. The van der Waals surface area contributed by atoms with Gasteiger partial charge in [-0.05, 0) is 13.8 Å². The number of carbonyl (C=O) groups is 1. The van der Waals surface area contributed by atoms with Gasteiger partial charge in [-0.2, -0.15) is 10.2 Å². The SMILES string of the molecule is COC(=O)Oc1cn2ncnc(Nc3cc(C)[nH]n3)c2c1C. The molecule has 0 saturated heterocycles. The molecule has 0 aliphatic heterocycles. The molecular formula is C13H14N6O3. The van der Waals surface area contributed by atoms with Crippen LogP contribution in [0.3, 0.4) is 0 Å². The summed E-state index contributed by atoms with van der Waals surface area (Å²) >= 11 is 0. The topological polar surface area (TPSA) is 106 Å². The third-order valence-corrected chi connectivity index (χ3v) is 3.09. The molecule has 9 heteroatoms. The number of fused-ring (bicyclic) bond motifs is 1. The highest BCUT2D eigenvalue weighted by molar-refractivity contribution is 5.79. The molecule has 2 N–H and O–H groups in total. The van der Waals surface area contributed by atoms with Gasteiger partial charge >= 0.3 is 6.16 Å². The van der Waals surface area contributed by atoms with Crippen LogP contribution in [-0.2, 0) is 4.74 Å². The summed E-state index contributed by atoms with van der Waals surface area (Å²) in [7, 11) is 1.25. The Labute approximate surface area is 125 Å². The first-order valence-corrected chi connectivity index (χ1v) is 6.46. The van der Waals surface area contributed by atoms with Crippen molar-refractivity contribution in [2.24, 2.45) is 0 Å². The second-order valence-corrected chi connectivity index (χ2v) is 4.64. The molecule has 0 spiro atoms. The van der Waals surface area contributed by atoms with Crippen molar-refractivity contribution in [2.75, 3.05) is 12.4 Å². The summed E-state index contributed by atoms with van der Waals surface area (Å²) in [6.07, 6.45) is 2.20. The highest BCUT2D eigenvalue weighted by Crippen LogP contribution is 2.29. The molecule has 3 aromatic rings. The number of hydrogen-bond donors (Lipinski definition) is 2. The molecule has 0 aliphatic rings. The number of methoxy groups -OCH3 is 1. The number of aryl methyl sites for hydroxylation is 2. The number of carbonyl (C=O) groups excluding carboxylic acids is 1. The van der Waals surface area contributed by atoms with Crippen molar-refractivity contribution in [1.29, 1.82) is 0 Å². The van der Waals surface area contributed by atoms with E-state index in [2.05, 4.69) is 30.3 Å². The molecule has 3 heterocycles. The number of ether oxygens (including phenoxy) is 2. The zero-order valence-electron chi connectivity index (χ0n) is 12.2. The van der Waals surface area contributed by atoms with Gasteiger partial charge < -0.3 is 14.8 Å². The standard InChI is InChI=1S/C13H14N6O3/c1-7-4-10(18-17-7)16-12-11-8(2)9(22-13(20)21-3)5-19(11)15-6-14-12/h4-6H,1-3H3,(H2,14,15,16,17,18). The van der Waals surface area contributed by atoms with Crippen LogP contribution in [0.4, 0.5) is 16.4 Å². The summed E-state index contributed by atoms with van der Waals surface area (Å²) in [5, 5.41) is 14.2. The maximum Gasteiger partial charge on any atom is 0.513 e. The molecular weight excluding hydrogens is 288 g/mol. The second-order valence-electron chi connectivity index (χ2n) is 4.64. The number of rotatable bonds is 3. The van der Waals surface area contributed by atoms with Crippen LogP contribution >= 0.6 is 0 Å². The van der Waals surface area contributed by atoms with Gasteiger partial charge in [-0.25, -0.2) is 14.3 Å². The van der Waals surface area contributed by atoms with Crippen LogP contribution in [0.25, 0.3) is 5.52 Å². The van der Waals surface area contributed by atoms with E-state index in [-0.39, 0.29) is 0 Å². The smallest absolute Gasteiger partial charge is 0.437 e. The average Bonchev–Trinajstić information content (AvgIpc) is 3.04. The number of anilines is 2. The molecule has 0 saturated carbocycles. The van der Waals surface area contributed by atoms with Crippen molar-refractivity contribution in [3.8, 4) is 5.75 Å². The van der Waals surface area contributed by atoms with E-state index in [1.165, 1.54) is 13.4 Å². The molecule has 22 heavy (non-hydrogen) atoms. The molecule has 3 rings (SSSR count). The first-order valence-electron chi connectivity index (χ1n) is 6.46. The molecule has 0 atom stereocenters. The quantitative estimate of drug-likeness (QED) is 0.712. The van der Waals surface area contributed by atoms with E-state index >= 15 is 0 Å². The fraction of sp³-hybridized carbons (Fsp3) is 0.231. The maximum atomic E-state index is 11.3. The zero-order valence-corrected chi connectivity index (χ0v) is 12.2. The summed E-state index contributed by atoms with van der Waals surface area (Å²) < 4.78 is 11.2. The molecule has 0 radical (unpaired) electrons. The minimum absolute atomic E-state index is 0.355. The van der Waals surface area contributed by atoms with Crippen LogP contribution in [0, 0.1) is 13.8 Å². The second kappa shape index (κ2) is 5.35. The molecule has 0 fully saturated rings. The van der Waals surface area contributed by atoms with Gasteiger partial charge in [-0.1, -0.05) is 0 Å². The number of aromatic nitrogens is 5. The van der Waals surface area contributed by atoms with E-state index in [9.17, 15) is 4.79 Å². The van der Waals surface area contributed by atoms with Gasteiger partial charge in [-0.3, -0.25) is 5.10 Å². The van der Waals surface area contributed by atoms with E-state index in [4.69, 9.17) is 4.74 Å². The Kier molecular flexibility index (Phi) is 3.37. The Bertz CT molecular complexity index is 838. The Morgan fingerprint density at radius 3 is 2.91 bits per heavy atom. The highest BCUT2D eigenvalue weighted by atomic mass is 16.7. The normalized spacial score (nSPS) is 10.7. The first kappa shape index (κ1) is 13.9. The van der Waals surface area contributed by atoms with Gasteiger partial charge in [0.05, 0.1) is 13.3 Å². The molecule has 0 bridgehead atoms.